The minimum Gasteiger partial charge on any atom is -0.406 e. The van der Waals surface area contributed by atoms with E-state index < -0.39 is 23.9 Å². The Morgan fingerprint density at radius 1 is 1.18 bits per heavy atom. The van der Waals surface area contributed by atoms with E-state index in [0.717, 1.165) is 4.68 Å². The zero-order valence-electron chi connectivity index (χ0n) is 14.7. The molecule has 0 aliphatic rings. The number of ether oxygens (including phenoxy) is 1. The lowest BCUT2D eigenvalue weighted by Gasteiger charge is -2.16. The summed E-state index contributed by atoms with van der Waals surface area (Å²) in [4.78, 5) is 24.3. The number of carbonyl (C=O) groups is 1. The van der Waals surface area contributed by atoms with Gasteiger partial charge in [0, 0.05) is 11.5 Å². The summed E-state index contributed by atoms with van der Waals surface area (Å²) in [6.07, 6.45) is -4.76. The molecule has 3 rings (SSSR count). The van der Waals surface area contributed by atoms with Gasteiger partial charge in [-0.3, -0.25) is 9.59 Å². The topological polar surface area (TPSA) is 73.2 Å². The van der Waals surface area contributed by atoms with Crippen molar-refractivity contribution in [3.8, 4) is 5.75 Å². The summed E-state index contributed by atoms with van der Waals surface area (Å²) >= 11 is 0. The number of hydrogen-bond acceptors (Lipinski definition) is 4. The Bertz CT molecular complexity index is 1050. The molecule has 9 heteroatoms. The van der Waals surface area contributed by atoms with Gasteiger partial charge in [-0.25, -0.2) is 4.68 Å². The number of halogens is 3. The molecular weight excluding hydrogens is 375 g/mol. The van der Waals surface area contributed by atoms with E-state index in [4.69, 9.17) is 0 Å². The van der Waals surface area contributed by atoms with Gasteiger partial charge in [0.05, 0.1) is 11.6 Å². The van der Waals surface area contributed by atoms with E-state index in [0.29, 0.717) is 16.5 Å². The summed E-state index contributed by atoms with van der Waals surface area (Å²) in [6, 6.07) is 13.1. The van der Waals surface area contributed by atoms with Gasteiger partial charge >= 0.3 is 6.36 Å². The maximum atomic E-state index is 12.3. The third kappa shape index (κ3) is 4.87. The Hall–Kier alpha value is -3.36. The van der Waals surface area contributed by atoms with E-state index in [1.165, 1.54) is 30.3 Å². The van der Waals surface area contributed by atoms with Gasteiger partial charge in [0.15, 0.2) is 0 Å². The lowest BCUT2D eigenvalue weighted by atomic mass is 10.1. The maximum absolute atomic E-state index is 12.3. The molecule has 0 unspecified atom stereocenters. The average Bonchev–Trinajstić information content (AvgIpc) is 2.61. The third-order valence-corrected chi connectivity index (χ3v) is 3.98. The van der Waals surface area contributed by atoms with Crippen LogP contribution >= 0.6 is 0 Å². The van der Waals surface area contributed by atoms with Gasteiger partial charge in [-0.15, -0.1) is 13.2 Å². The van der Waals surface area contributed by atoms with Crippen LogP contribution in [0.3, 0.4) is 0 Å². The number of benzene rings is 2. The molecule has 0 saturated heterocycles. The molecule has 146 valence electrons. The van der Waals surface area contributed by atoms with Crippen molar-refractivity contribution in [1.29, 1.82) is 0 Å². The van der Waals surface area contributed by atoms with Crippen LogP contribution in [0.2, 0.25) is 0 Å². The Morgan fingerprint density at radius 2 is 1.86 bits per heavy atom. The molecule has 3 aromatic rings. The summed E-state index contributed by atoms with van der Waals surface area (Å²) in [5.74, 6) is -0.797. The molecule has 6 nitrogen and oxygen atoms in total. The predicted octanol–water partition coefficient (Wildman–Crippen LogP) is 3.17. The molecule has 1 aromatic heterocycles. The lowest BCUT2D eigenvalue weighted by Crippen LogP contribution is -2.34. The molecule has 0 aliphatic heterocycles. The number of nitrogens with zero attached hydrogens (tertiary/aromatic N) is 2. The zero-order valence-corrected chi connectivity index (χ0v) is 14.7. The van der Waals surface area contributed by atoms with Crippen molar-refractivity contribution in [3.05, 3.63) is 70.5 Å². The second kappa shape index (κ2) is 7.71. The zero-order chi connectivity index (χ0) is 20.3. The fraction of sp³-hybridized carbons (Fsp3) is 0.211. The number of fused-ring (bicyclic) bond motifs is 1. The van der Waals surface area contributed by atoms with Crippen molar-refractivity contribution in [2.75, 3.05) is 0 Å². The van der Waals surface area contributed by atoms with E-state index in [2.05, 4.69) is 15.2 Å². The Balaban J connectivity index is 1.66. The van der Waals surface area contributed by atoms with E-state index in [1.54, 1.807) is 31.2 Å². The molecule has 0 spiro atoms. The molecule has 0 saturated carbocycles. The summed E-state index contributed by atoms with van der Waals surface area (Å²) in [5.41, 5.74) is 0.764. The Morgan fingerprint density at radius 3 is 2.54 bits per heavy atom. The van der Waals surface area contributed by atoms with Gasteiger partial charge in [0.1, 0.15) is 12.3 Å². The minimum absolute atomic E-state index is 0.275. The van der Waals surface area contributed by atoms with Crippen molar-refractivity contribution >= 4 is 16.8 Å². The first-order valence-electron chi connectivity index (χ1n) is 8.33. The number of aromatic nitrogens is 2. The number of alkyl halides is 3. The van der Waals surface area contributed by atoms with Crippen molar-refractivity contribution in [3.63, 3.8) is 0 Å². The third-order valence-electron chi connectivity index (χ3n) is 3.98. The molecule has 1 heterocycles. The smallest absolute Gasteiger partial charge is 0.406 e. The summed E-state index contributed by atoms with van der Waals surface area (Å²) < 4.78 is 41.5. The van der Waals surface area contributed by atoms with Gasteiger partial charge in [-0.2, -0.15) is 5.10 Å². The number of rotatable bonds is 5. The molecule has 28 heavy (non-hydrogen) atoms. The van der Waals surface area contributed by atoms with Crippen molar-refractivity contribution in [1.82, 2.24) is 15.1 Å². The molecule has 0 aliphatic carbocycles. The fourth-order valence-electron chi connectivity index (χ4n) is 2.67. The lowest BCUT2D eigenvalue weighted by molar-refractivity contribution is -0.274. The highest BCUT2D eigenvalue weighted by atomic mass is 19.4. The molecular formula is C19H16F3N3O3. The number of hydrogen-bond donors (Lipinski definition) is 1. The average molecular weight is 391 g/mol. The standard InChI is InChI=1S/C19H16F3N3O3/c1-12(13-6-8-15(9-7-13)28-19(20,21)22)23-17(26)11-25-18(27)10-14-4-2-3-5-16(14)24-25/h2-10,12H,11H2,1H3,(H,23,26)/t12-/m0/s1. The molecule has 0 fully saturated rings. The van der Waals surface area contributed by atoms with Gasteiger partial charge in [0.2, 0.25) is 5.91 Å². The molecule has 2 aromatic carbocycles. The first-order valence-corrected chi connectivity index (χ1v) is 8.33. The van der Waals surface area contributed by atoms with Gasteiger partial charge in [0.25, 0.3) is 5.56 Å². The van der Waals surface area contributed by atoms with Crippen LogP contribution in [0.1, 0.15) is 18.5 Å². The van der Waals surface area contributed by atoms with E-state index in [1.807, 2.05) is 0 Å². The Kier molecular flexibility index (Phi) is 5.34. The highest BCUT2D eigenvalue weighted by Gasteiger charge is 2.31. The molecule has 1 amide bonds. The summed E-state index contributed by atoms with van der Waals surface area (Å²) in [6.45, 7) is 1.40. The van der Waals surface area contributed by atoms with Crippen LogP contribution in [0.25, 0.3) is 10.9 Å². The predicted molar refractivity (Wildman–Crippen MR) is 95.7 cm³/mol. The molecule has 1 atom stereocenters. The SMILES string of the molecule is C[C@H](NC(=O)Cn1nc2ccccc2cc1=O)c1ccc(OC(F)(F)F)cc1. The minimum atomic E-state index is -4.76. The van der Waals surface area contributed by atoms with Crippen LogP contribution < -0.4 is 15.6 Å². The van der Waals surface area contributed by atoms with Crippen molar-refractivity contribution in [2.24, 2.45) is 0 Å². The van der Waals surface area contributed by atoms with Gasteiger partial charge in [-0.05, 0) is 30.7 Å². The van der Waals surface area contributed by atoms with Crippen LogP contribution in [0.15, 0.2) is 59.4 Å². The molecule has 0 radical (unpaired) electrons. The fourth-order valence-corrected chi connectivity index (χ4v) is 2.67. The van der Waals surface area contributed by atoms with Gasteiger partial charge in [-0.1, -0.05) is 30.3 Å². The normalized spacial score (nSPS) is 12.6. The highest BCUT2D eigenvalue weighted by molar-refractivity contribution is 5.78. The van der Waals surface area contributed by atoms with Crippen LogP contribution in [0, 0.1) is 0 Å². The first-order chi connectivity index (χ1) is 13.2. The highest BCUT2D eigenvalue weighted by Crippen LogP contribution is 2.24. The summed E-state index contributed by atoms with van der Waals surface area (Å²) in [5, 5.41) is 7.53. The molecule has 0 bridgehead atoms. The van der Waals surface area contributed by atoms with E-state index in [-0.39, 0.29) is 12.3 Å². The molecule has 1 N–H and O–H groups in total. The van der Waals surface area contributed by atoms with E-state index in [9.17, 15) is 22.8 Å². The Labute approximate surface area is 157 Å². The van der Waals surface area contributed by atoms with Crippen molar-refractivity contribution in [2.45, 2.75) is 25.9 Å². The quantitative estimate of drug-likeness (QED) is 0.725. The number of nitrogens with one attached hydrogen (secondary N) is 1. The second-order valence-corrected chi connectivity index (χ2v) is 6.11. The van der Waals surface area contributed by atoms with Crippen molar-refractivity contribution < 1.29 is 22.7 Å². The largest absolute Gasteiger partial charge is 0.573 e. The number of carbonyl (C=O) groups excluding carboxylic acids is 1. The summed E-state index contributed by atoms with van der Waals surface area (Å²) in [7, 11) is 0. The van der Waals surface area contributed by atoms with E-state index >= 15 is 0 Å². The van der Waals surface area contributed by atoms with Crippen LogP contribution in [-0.4, -0.2) is 22.1 Å². The van der Waals surface area contributed by atoms with Crippen LogP contribution in [0.4, 0.5) is 13.2 Å². The number of amides is 1. The maximum Gasteiger partial charge on any atom is 0.573 e. The van der Waals surface area contributed by atoms with Gasteiger partial charge < -0.3 is 10.1 Å². The monoisotopic (exact) mass is 391 g/mol. The van der Waals surface area contributed by atoms with Crippen LogP contribution in [0.5, 0.6) is 5.75 Å². The second-order valence-electron chi connectivity index (χ2n) is 6.11. The van der Waals surface area contributed by atoms with Crippen LogP contribution in [-0.2, 0) is 11.3 Å². The first kappa shape index (κ1) is 19.4.